The lowest BCUT2D eigenvalue weighted by atomic mass is 10.1. The van der Waals surface area contributed by atoms with Crippen LogP contribution in [-0.4, -0.2) is 5.91 Å². The third kappa shape index (κ3) is 3.82. The molecule has 0 aliphatic heterocycles. The van der Waals surface area contributed by atoms with E-state index in [1.807, 2.05) is 30.3 Å². The summed E-state index contributed by atoms with van der Waals surface area (Å²) in [4.78, 5) is 12.3. The smallest absolute Gasteiger partial charge is 0.291 e. The van der Waals surface area contributed by atoms with E-state index in [1.165, 1.54) is 18.4 Å². The lowest BCUT2D eigenvalue weighted by molar-refractivity contribution is 0.0998. The van der Waals surface area contributed by atoms with Gasteiger partial charge in [0.05, 0.1) is 0 Å². The van der Waals surface area contributed by atoms with Crippen LogP contribution in [0.4, 0.5) is 5.69 Å². The normalized spacial score (nSPS) is 10.9. The maximum Gasteiger partial charge on any atom is 0.291 e. The molecule has 118 valence electrons. The second-order valence-corrected chi connectivity index (χ2v) is 6.46. The summed E-state index contributed by atoms with van der Waals surface area (Å²) in [5.74, 6) is 0.0757. The third-order valence-corrected chi connectivity index (χ3v) is 4.23. The Morgan fingerprint density at radius 2 is 1.91 bits per heavy atom. The highest BCUT2D eigenvalue weighted by Crippen LogP contribution is 2.24. The van der Waals surface area contributed by atoms with Gasteiger partial charge in [-0.1, -0.05) is 41.4 Å². The molecule has 0 aliphatic carbocycles. The molecule has 0 radical (unpaired) electrons. The second-order valence-electron chi connectivity index (χ2n) is 5.55. The van der Waals surface area contributed by atoms with Gasteiger partial charge >= 0.3 is 0 Å². The van der Waals surface area contributed by atoms with E-state index in [1.54, 1.807) is 6.07 Å². The number of hydrogen-bond acceptors (Lipinski definition) is 2. The van der Waals surface area contributed by atoms with Gasteiger partial charge in [0, 0.05) is 15.5 Å². The van der Waals surface area contributed by atoms with Gasteiger partial charge in [0.1, 0.15) is 5.58 Å². The summed E-state index contributed by atoms with van der Waals surface area (Å²) in [5.41, 5.74) is 2.77. The maximum atomic E-state index is 12.3. The van der Waals surface area contributed by atoms with Gasteiger partial charge < -0.3 is 9.73 Å². The topological polar surface area (TPSA) is 42.2 Å². The SMILES string of the molecule is CCCCc1ccc(NC(=O)c2cc3cc(Br)ccc3o2)cc1. The van der Waals surface area contributed by atoms with Crippen LogP contribution in [-0.2, 0) is 6.42 Å². The van der Waals surface area contributed by atoms with Crippen LogP contribution in [0.1, 0.15) is 35.9 Å². The number of furan rings is 1. The number of amides is 1. The Balaban J connectivity index is 1.72. The number of aryl methyl sites for hydroxylation is 1. The summed E-state index contributed by atoms with van der Waals surface area (Å²) in [5, 5.41) is 3.77. The van der Waals surface area contributed by atoms with Crippen LogP contribution < -0.4 is 5.32 Å². The van der Waals surface area contributed by atoms with Gasteiger partial charge in [0.15, 0.2) is 5.76 Å². The van der Waals surface area contributed by atoms with Crippen molar-refractivity contribution in [3.05, 3.63) is 64.3 Å². The zero-order chi connectivity index (χ0) is 16.2. The Morgan fingerprint density at radius 3 is 2.65 bits per heavy atom. The molecule has 1 amide bonds. The molecule has 0 fully saturated rings. The fourth-order valence-corrected chi connectivity index (χ4v) is 2.83. The molecule has 0 unspecified atom stereocenters. The molecule has 0 bridgehead atoms. The first-order valence-electron chi connectivity index (χ1n) is 7.75. The van der Waals surface area contributed by atoms with Crippen LogP contribution in [0.15, 0.2) is 57.4 Å². The number of halogens is 1. The lowest BCUT2D eigenvalue weighted by Crippen LogP contribution is -2.10. The van der Waals surface area contributed by atoms with Gasteiger partial charge in [0.25, 0.3) is 5.91 Å². The molecular weight excluding hydrogens is 354 g/mol. The summed E-state index contributed by atoms with van der Waals surface area (Å²) >= 11 is 3.41. The molecule has 0 spiro atoms. The lowest BCUT2D eigenvalue weighted by Gasteiger charge is -2.05. The summed E-state index contributed by atoms with van der Waals surface area (Å²) < 4.78 is 6.56. The van der Waals surface area contributed by atoms with E-state index < -0.39 is 0 Å². The number of nitrogens with one attached hydrogen (secondary N) is 1. The highest BCUT2D eigenvalue weighted by molar-refractivity contribution is 9.10. The molecule has 3 rings (SSSR count). The molecule has 2 aromatic carbocycles. The van der Waals surface area contributed by atoms with Crippen molar-refractivity contribution in [2.75, 3.05) is 5.32 Å². The Hall–Kier alpha value is -2.07. The first kappa shape index (κ1) is 15.8. The number of carbonyl (C=O) groups excluding carboxylic acids is 1. The van der Waals surface area contributed by atoms with Crippen LogP contribution in [0.25, 0.3) is 11.0 Å². The Morgan fingerprint density at radius 1 is 1.13 bits per heavy atom. The first-order valence-corrected chi connectivity index (χ1v) is 8.54. The van der Waals surface area contributed by atoms with Gasteiger partial charge in [0.2, 0.25) is 0 Å². The zero-order valence-electron chi connectivity index (χ0n) is 12.9. The Bertz CT molecular complexity index is 821. The van der Waals surface area contributed by atoms with Crippen LogP contribution in [0, 0.1) is 0 Å². The number of unbranched alkanes of at least 4 members (excludes halogenated alkanes) is 1. The minimum Gasteiger partial charge on any atom is -0.451 e. The van der Waals surface area contributed by atoms with Gasteiger partial charge in [-0.25, -0.2) is 0 Å². The molecule has 1 N–H and O–H groups in total. The molecule has 3 aromatic rings. The molecule has 1 aromatic heterocycles. The number of hydrogen-bond donors (Lipinski definition) is 1. The maximum absolute atomic E-state index is 12.3. The number of carbonyl (C=O) groups is 1. The molecule has 23 heavy (non-hydrogen) atoms. The molecule has 0 saturated heterocycles. The largest absolute Gasteiger partial charge is 0.451 e. The van der Waals surface area contributed by atoms with E-state index >= 15 is 0 Å². The number of rotatable bonds is 5. The highest BCUT2D eigenvalue weighted by Gasteiger charge is 2.12. The van der Waals surface area contributed by atoms with E-state index in [2.05, 4.69) is 40.3 Å². The highest BCUT2D eigenvalue weighted by atomic mass is 79.9. The predicted molar refractivity (Wildman–Crippen MR) is 96.9 cm³/mol. The van der Waals surface area contributed by atoms with Crippen molar-refractivity contribution in [2.24, 2.45) is 0 Å². The average Bonchev–Trinajstić information content (AvgIpc) is 2.97. The fraction of sp³-hybridized carbons (Fsp3) is 0.211. The minimum absolute atomic E-state index is 0.237. The van der Waals surface area contributed by atoms with E-state index in [0.717, 1.165) is 22.0 Å². The van der Waals surface area contributed by atoms with Gasteiger partial charge in [-0.15, -0.1) is 0 Å². The van der Waals surface area contributed by atoms with Crippen LogP contribution in [0.5, 0.6) is 0 Å². The van der Waals surface area contributed by atoms with Crippen molar-refractivity contribution in [1.82, 2.24) is 0 Å². The molecule has 0 saturated carbocycles. The molecule has 0 atom stereocenters. The zero-order valence-corrected chi connectivity index (χ0v) is 14.5. The Labute approximate surface area is 143 Å². The molecule has 0 aliphatic rings. The van der Waals surface area contributed by atoms with Gasteiger partial charge in [-0.3, -0.25) is 4.79 Å². The van der Waals surface area contributed by atoms with Crippen molar-refractivity contribution in [2.45, 2.75) is 26.2 Å². The standard InChI is InChI=1S/C19H18BrNO2/c1-2-3-4-13-5-8-16(9-6-13)21-19(22)18-12-14-11-15(20)7-10-17(14)23-18/h5-12H,2-4H2,1H3,(H,21,22). The third-order valence-electron chi connectivity index (χ3n) is 3.73. The monoisotopic (exact) mass is 371 g/mol. The number of fused-ring (bicyclic) bond motifs is 1. The Kier molecular flexibility index (Phi) is 4.82. The van der Waals surface area contributed by atoms with Crippen LogP contribution in [0.3, 0.4) is 0 Å². The van der Waals surface area contributed by atoms with E-state index in [4.69, 9.17) is 4.42 Å². The average molecular weight is 372 g/mol. The van der Waals surface area contributed by atoms with Crippen LogP contribution in [0.2, 0.25) is 0 Å². The second kappa shape index (κ2) is 7.01. The number of benzene rings is 2. The van der Waals surface area contributed by atoms with E-state index in [9.17, 15) is 4.79 Å². The summed E-state index contributed by atoms with van der Waals surface area (Å²) in [6, 6.07) is 15.4. The van der Waals surface area contributed by atoms with Gasteiger partial charge in [-0.05, 0) is 54.8 Å². The van der Waals surface area contributed by atoms with Gasteiger partial charge in [-0.2, -0.15) is 0 Å². The molecule has 3 nitrogen and oxygen atoms in total. The van der Waals surface area contributed by atoms with Crippen molar-refractivity contribution < 1.29 is 9.21 Å². The predicted octanol–water partition coefficient (Wildman–Crippen LogP) is 5.79. The quantitative estimate of drug-likeness (QED) is 0.616. The molecule has 4 heteroatoms. The van der Waals surface area contributed by atoms with Crippen molar-refractivity contribution in [3.63, 3.8) is 0 Å². The van der Waals surface area contributed by atoms with Crippen molar-refractivity contribution >= 4 is 38.5 Å². The van der Waals surface area contributed by atoms with Crippen LogP contribution >= 0.6 is 15.9 Å². The van der Waals surface area contributed by atoms with Crippen molar-refractivity contribution in [3.8, 4) is 0 Å². The summed E-state index contributed by atoms with van der Waals surface area (Å²) in [7, 11) is 0. The number of anilines is 1. The molecular formula is C19H18BrNO2. The summed E-state index contributed by atoms with van der Waals surface area (Å²) in [6.45, 7) is 2.18. The van der Waals surface area contributed by atoms with E-state index in [-0.39, 0.29) is 5.91 Å². The molecule has 1 heterocycles. The van der Waals surface area contributed by atoms with Crippen molar-refractivity contribution in [1.29, 1.82) is 0 Å². The first-order chi connectivity index (χ1) is 11.2. The minimum atomic E-state index is -0.237. The van der Waals surface area contributed by atoms with E-state index in [0.29, 0.717) is 11.3 Å². The summed E-state index contributed by atoms with van der Waals surface area (Å²) in [6.07, 6.45) is 3.43. The fourth-order valence-electron chi connectivity index (χ4n) is 2.45.